The highest BCUT2D eigenvalue weighted by molar-refractivity contribution is 14.0. The van der Waals surface area contributed by atoms with Gasteiger partial charge >= 0.3 is 0 Å². The Morgan fingerprint density at radius 1 is 1.19 bits per heavy atom. The Morgan fingerprint density at radius 2 is 1.96 bits per heavy atom. The highest BCUT2D eigenvalue weighted by atomic mass is 127. The number of aliphatic imine (C=N–C) groups is 1. The van der Waals surface area contributed by atoms with Gasteiger partial charge in [0.05, 0.1) is 12.2 Å². The third kappa shape index (κ3) is 8.85. The third-order valence-corrected chi connectivity index (χ3v) is 5.53. The Bertz CT molecular complexity index is 514. The summed E-state index contributed by atoms with van der Waals surface area (Å²) in [6.07, 6.45) is 7.97. The summed E-state index contributed by atoms with van der Waals surface area (Å²) in [5, 5.41) is 9.86. The van der Waals surface area contributed by atoms with E-state index in [-0.39, 0.29) is 24.0 Å². The molecule has 0 aliphatic carbocycles. The number of nitrogens with one attached hydrogen (secondary N) is 2. The van der Waals surface area contributed by atoms with E-state index in [0.717, 1.165) is 23.3 Å². The summed E-state index contributed by atoms with van der Waals surface area (Å²) < 4.78 is 0. The highest BCUT2D eigenvalue weighted by Gasteiger charge is 2.09. The lowest BCUT2D eigenvalue weighted by Crippen LogP contribution is -2.37. The van der Waals surface area contributed by atoms with Crippen LogP contribution in [0.2, 0.25) is 0 Å². The van der Waals surface area contributed by atoms with E-state index >= 15 is 0 Å². The molecule has 1 aliphatic heterocycles. The summed E-state index contributed by atoms with van der Waals surface area (Å²) in [6, 6.07) is 0. The van der Waals surface area contributed by atoms with E-state index in [2.05, 4.69) is 30.9 Å². The van der Waals surface area contributed by atoms with Gasteiger partial charge in [-0.15, -0.1) is 35.3 Å². The standard InChI is InChI=1S/C18H34N6S.HI/c1-19-17(21-14-16-15-25-18(22-16)23(2)3)20-10-6-4-7-11-24-12-8-5-9-13-24;/h15H,4-14H2,1-3H3,(H2,19,20,21);1H. The van der Waals surface area contributed by atoms with Crippen LogP contribution < -0.4 is 15.5 Å². The molecule has 2 heterocycles. The number of rotatable bonds is 9. The first-order valence-electron chi connectivity index (χ1n) is 9.47. The van der Waals surface area contributed by atoms with Gasteiger partial charge in [-0.1, -0.05) is 12.8 Å². The van der Waals surface area contributed by atoms with E-state index in [4.69, 9.17) is 0 Å². The fourth-order valence-corrected chi connectivity index (χ4v) is 3.76. The Hall–Kier alpha value is -0.610. The van der Waals surface area contributed by atoms with Crippen LogP contribution in [0.4, 0.5) is 5.13 Å². The van der Waals surface area contributed by atoms with Crippen molar-refractivity contribution in [3.63, 3.8) is 0 Å². The number of guanidine groups is 1. The van der Waals surface area contributed by atoms with E-state index in [1.54, 1.807) is 11.3 Å². The average molecular weight is 494 g/mol. The molecular formula is C18H35IN6S. The zero-order valence-corrected chi connectivity index (χ0v) is 19.6. The second-order valence-electron chi connectivity index (χ2n) is 6.83. The molecule has 0 unspecified atom stereocenters. The van der Waals surface area contributed by atoms with Crippen molar-refractivity contribution in [1.82, 2.24) is 20.5 Å². The summed E-state index contributed by atoms with van der Waals surface area (Å²) in [7, 11) is 5.85. The molecule has 1 aliphatic rings. The number of unbranched alkanes of at least 4 members (excludes halogenated alkanes) is 2. The minimum absolute atomic E-state index is 0. The SMILES string of the molecule is CN=C(NCCCCCN1CCCCC1)NCc1csc(N(C)C)n1.I. The number of thiazole rings is 1. The topological polar surface area (TPSA) is 55.8 Å². The lowest BCUT2D eigenvalue weighted by atomic mass is 10.1. The van der Waals surface area contributed by atoms with Crippen LogP contribution in [0.3, 0.4) is 0 Å². The van der Waals surface area contributed by atoms with Crippen molar-refractivity contribution >= 4 is 46.4 Å². The molecule has 0 aromatic carbocycles. The van der Waals surface area contributed by atoms with Crippen molar-refractivity contribution in [2.24, 2.45) is 4.99 Å². The quantitative estimate of drug-likeness (QED) is 0.239. The number of anilines is 1. The maximum atomic E-state index is 4.58. The third-order valence-electron chi connectivity index (χ3n) is 4.48. The molecule has 26 heavy (non-hydrogen) atoms. The molecule has 2 rings (SSSR count). The fraction of sp³-hybridized carbons (Fsp3) is 0.778. The van der Waals surface area contributed by atoms with E-state index < -0.39 is 0 Å². The fourth-order valence-electron chi connectivity index (χ4n) is 3.00. The number of aromatic nitrogens is 1. The molecule has 2 N–H and O–H groups in total. The van der Waals surface area contributed by atoms with Crippen molar-refractivity contribution in [1.29, 1.82) is 0 Å². The van der Waals surface area contributed by atoms with Gasteiger partial charge in [0, 0.05) is 33.1 Å². The average Bonchev–Trinajstić information content (AvgIpc) is 3.11. The Kier molecular flexibility index (Phi) is 12.2. The van der Waals surface area contributed by atoms with E-state index in [1.165, 1.54) is 58.2 Å². The number of hydrogen-bond donors (Lipinski definition) is 2. The molecule has 6 nitrogen and oxygen atoms in total. The second kappa shape index (κ2) is 13.5. The zero-order chi connectivity index (χ0) is 17.9. The minimum Gasteiger partial charge on any atom is -0.356 e. The Morgan fingerprint density at radius 3 is 2.62 bits per heavy atom. The van der Waals surface area contributed by atoms with Crippen LogP contribution in [0.25, 0.3) is 0 Å². The summed E-state index contributed by atoms with van der Waals surface area (Å²) >= 11 is 1.67. The van der Waals surface area contributed by atoms with E-state index in [0.29, 0.717) is 6.54 Å². The molecule has 0 saturated carbocycles. The zero-order valence-electron chi connectivity index (χ0n) is 16.5. The number of nitrogens with zero attached hydrogens (tertiary/aromatic N) is 4. The van der Waals surface area contributed by atoms with Crippen LogP contribution in [-0.2, 0) is 6.54 Å². The van der Waals surface area contributed by atoms with Gasteiger partial charge in [-0.3, -0.25) is 4.99 Å². The summed E-state index contributed by atoms with van der Waals surface area (Å²) in [4.78, 5) is 13.5. The highest BCUT2D eigenvalue weighted by Crippen LogP contribution is 2.17. The van der Waals surface area contributed by atoms with Crippen LogP contribution in [0.1, 0.15) is 44.2 Å². The smallest absolute Gasteiger partial charge is 0.191 e. The minimum atomic E-state index is 0. The maximum absolute atomic E-state index is 4.58. The Labute approximate surface area is 179 Å². The van der Waals surface area contributed by atoms with E-state index in [9.17, 15) is 0 Å². The van der Waals surface area contributed by atoms with Gasteiger partial charge in [0.1, 0.15) is 0 Å². The van der Waals surface area contributed by atoms with Gasteiger partial charge in [0.15, 0.2) is 11.1 Å². The van der Waals surface area contributed by atoms with Gasteiger partial charge in [0.2, 0.25) is 0 Å². The molecule has 0 radical (unpaired) electrons. The predicted molar refractivity (Wildman–Crippen MR) is 124 cm³/mol. The van der Waals surface area contributed by atoms with Crippen molar-refractivity contribution in [2.45, 2.75) is 45.1 Å². The molecule has 0 atom stereocenters. The van der Waals surface area contributed by atoms with Gasteiger partial charge in [-0.2, -0.15) is 0 Å². The molecule has 1 aromatic heterocycles. The van der Waals surface area contributed by atoms with Gasteiger partial charge in [-0.05, 0) is 45.3 Å². The normalized spacial score (nSPS) is 15.4. The van der Waals surface area contributed by atoms with Crippen molar-refractivity contribution < 1.29 is 0 Å². The Balaban J connectivity index is 0.00000338. The molecule has 8 heteroatoms. The van der Waals surface area contributed by atoms with Gasteiger partial charge < -0.3 is 20.4 Å². The lowest BCUT2D eigenvalue weighted by Gasteiger charge is -2.26. The molecule has 0 bridgehead atoms. The van der Waals surface area contributed by atoms with Crippen LogP contribution >= 0.6 is 35.3 Å². The van der Waals surface area contributed by atoms with Crippen LogP contribution in [0.5, 0.6) is 0 Å². The summed E-state index contributed by atoms with van der Waals surface area (Å²) in [6.45, 7) is 5.56. The molecule has 1 aromatic rings. The molecule has 0 spiro atoms. The molecular weight excluding hydrogens is 459 g/mol. The monoisotopic (exact) mass is 494 g/mol. The summed E-state index contributed by atoms with van der Waals surface area (Å²) in [5.74, 6) is 0.857. The number of halogens is 1. The first-order chi connectivity index (χ1) is 12.2. The molecule has 1 saturated heterocycles. The summed E-state index contributed by atoms with van der Waals surface area (Å²) in [5.41, 5.74) is 1.05. The van der Waals surface area contributed by atoms with Crippen LogP contribution in [-0.4, -0.2) is 63.2 Å². The molecule has 1 fully saturated rings. The van der Waals surface area contributed by atoms with Crippen molar-refractivity contribution in [3.05, 3.63) is 11.1 Å². The van der Waals surface area contributed by atoms with E-state index in [1.807, 2.05) is 26.0 Å². The lowest BCUT2D eigenvalue weighted by molar-refractivity contribution is 0.224. The predicted octanol–water partition coefficient (Wildman–Crippen LogP) is 3.15. The van der Waals surface area contributed by atoms with Crippen LogP contribution in [0, 0.1) is 0 Å². The van der Waals surface area contributed by atoms with Gasteiger partial charge in [-0.25, -0.2) is 4.98 Å². The molecule has 0 amide bonds. The largest absolute Gasteiger partial charge is 0.356 e. The van der Waals surface area contributed by atoms with Gasteiger partial charge in [0.25, 0.3) is 0 Å². The molecule has 150 valence electrons. The van der Waals surface area contributed by atoms with Crippen molar-refractivity contribution in [3.8, 4) is 0 Å². The van der Waals surface area contributed by atoms with Crippen LogP contribution in [0.15, 0.2) is 10.4 Å². The van der Waals surface area contributed by atoms with Crippen molar-refractivity contribution in [2.75, 3.05) is 52.2 Å². The first-order valence-corrected chi connectivity index (χ1v) is 10.4. The first kappa shape index (κ1) is 23.4. The number of piperidine rings is 1. The second-order valence-corrected chi connectivity index (χ2v) is 7.67. The number of likely N-dealkylation sites (tertiary alicyclic amines) is 1. The maximum Gasteiger partial charge on any atom is 0.191 e. The number of hydrogen-bond acceptors (Lipinski definition) is 5.